The van der Waals surface area contributed by atoms with Crippen molar-refractivity contribution >= 4 is 21.4 Å². The van der Waals surface area contributed by atoms with Crippen molar-refractivity contribution in [1.29, 1.82) is 0 Å². The normalized spacial score (nSPS) is 10.9. The van der Waals surface area contributed by atoms with Gasteiger partial charge in [-0.05, 0) is 0 Å². The molecule has 1 heterocycles. The van der Waals surface area contributed by atoms with Crippen LogP contribution in [0.25, 0.3) is 0 Å². The first-order chi connectivity index (χ1) is 5.04. The molecule has 11 heavy (non-hydrogen) atoms. The molecule has 58 valence electrons. The first kappa shape index (κ1) is 8.20. The number of thiazole rings is 1. The fourth-order valence-corrected chi connectivity index (χ4v) is 1.85. The Labute approximate surface area is 68.1 Å². The summed E-state index contributed by atoms with van der Waals surface area (Å²) in [4.78, 5) is 3.97. The largest absolute Gasteiger partial charge is 0.265 e. The van der Waals surface area contributed by atoms with E-state index in [1.54, 1.807) is 0 Å². The third-order valence-electron chi connectivity index (χ3n) is 0.870. The summed E-state index contributed by atoms with van der Waals surface area (Å²) in [6.45, 7) is 0. The molecule has 0 saturated carbocycles. The quantitative estimate of drug-likeness (QED) is 0.619. The van der Waals surface area contributed by atoms with Crippen molar-refractivity contribution in [2.45, 2.75) is 4.34 Å². The maximum absolute atomic E-state index is 10.6. The lowest BCUT2D eigenvalue weighted by Crippen LogP contribution is -2.11. The van der Waals surface area contributed by atoms with E-state index in [9.17, 15) is 8.42 Å². The molecule has 0 saturated heterocycles. The monoisotopic (exact) mass is 188 g/mol. The molecule has 1 aromatic heterocycles. The zero-order chi connectivity index (χ0) is 8.48. The highest BCUT2D eigenvalue weighted by Crippen LogP contribution is 2.14. The Morgan fingerprint density at radius 1 is 1.73 bits per heavy atom. The number of aromatic nitrogens is 1. The van der Waals surface area contributed by atoms with Gasteiger partial charge in [-0.15, -0.1) is 6.42 Å². The van der Waals surface area contributed by atoms with E-state index >= 15 is 0 Å². The van der Waals surface area contributed by atoms with Gasteiger partial charge in [0.05, 0.1) is 11.1 Å². The molecule has 0 atom stereocenters. The van der Waals surface area contributed by atoms with Gasteiger partial charge >= 0.3 is 0 Å². The van der Waals surface area contributed by atoms with Gasteiger partial charge in [-0.25, -0.2) is 18.5 Å². The molecule has 0 unspecified atom stereocenters. The van der Waals surface area contributed by atoms with Gasteiger partial charge in [0.2, 0.25) is 4.34 Å². The van der Waals surface area contributed by atoms with E-state index in [-0.39, 0.29) is 4.34 Å². The molecule has 4 nitrogen and oxygen atoms in total. The number of terminal acetylenes is 1. The number of rotatable bonds is 1. The van der Waals surface area contributed by atoms with Crippen molar-refractivity contribution in [3.8, 4) is 12.3 Å². The van der Waals surface area contributed by atoms with E-state index in [0.29, 0.717) is 4.88 Å². The summed E-state index contributed by atoms with van der Waals surface area (Å²) in [5.41, 5.74) is 0. The SMILES string of the molecule is C#Cc1cnc(S(N)(=O)=O)s1. The lowest BCUT2D eigenvalue weighted by atomic mass is 10.6. The molecule has 1 aromatic rings. The maximum Gasteiger partial charge on any atom is 0.265 e. The maximum atomic E-state index is 10.6. The van der Waals surface area contributed by atoms with Crippen LogP contribution in [-0.4, -0.2) is 13.4 Å². The lowest BCUT2D eigenvalue weighted by Gasteiger charge is -1.85. The molecule has 2 N–H and O–H groups in total. The van der Waals surface area contributed by atoms with Crippen LogP contribution < -0.4 is 5.14 Å². The average Bonchev–Trinajstić information content (AvgIpc) is 2.32. The van der Waals surface area contributed by atoms with Crippen molar-refractivity contribution in [1.82, 2.24) is 4.98 Å². The Morgan fingerprint density at radius 3 is 2.64 bits per heavy atom. The molecule has 0 amide bonds. The standard InChI is InChI=1S/C5H4N2O2S2/c1-2-4-3-7-5(10-4)11(6,8)9/h1,3H,(H2,6,8,9). The molecule has 0 aromatic carbocycles. The summed E-state index contributed by atoms with van der Waals surface area (Å²) in [6.07, 6.45) is 6.29. The van der Waals surface area contributed by atoms with E-state index in [4.69, 9.17) is 11.6 Å². The van der Waals surface area contributed by atoms with Crippen molar-refractivity contribution < 1.29 is 8.42 Å². The lowest BCUT2D eigenvalue weighted by molar-refractivity contribution is 0.597. The number of hydrogen-bond acceptors (Lipinski definition) is 4. The fourth-order valence-electron chi connectivity index (χ4n) is 0.456. The summed E-state index contributed by atoms with van der Waals surface area (Å²) in [7, 11) is -3.68. The van der Waals surface area contributed by atoms with Crippen LogP contribution in [-0.2, 0) is 10.0 Å². The zero-order valence-electron chi connectivity index (χ0n) is 5.31. The molecular weight excluding hydrogens is 184 g/mol. The topological polar surface area (TPSA) is 73.0 Å². The highest BCUT2D eigenvalue weighted by atomic mass is 32.2. The molecule has 6 heteroatoms. The molecule has 1 rings (SSSR count). The Balaban J connectivity index is 3.22. The van der Waals surface area contributed by atoms with Crippen molar-refractivity contribution in [3.05, 3.63) is 11.1 Å². The summed E-state index contributed by atoms with van der Waals surface area (Å²) >= 11 is 0.880. The summed E-state index contributed by atoms with van der Waals surface area (Å²) in [5, 5.41) is 4.78. The molecule has 0 aliphatic rings. The summed E-state index contributed by atoms with van der Waals surface area (Å²) in [6, 6.07) is 0. The van der Waals surface area contributed by atoms with Crippen LogP contribution >= 0.6 is 11.3 Å². The third kappa shape index (κ3) is 1.77. The minimum atomic E-state index is -3.68. The third-order valence-corrected chi connectivity index (χ3v) is 3.13. The van der Waals surface area contributed by atoms with Crippen molar-refractivity contribution in [3.63, 3.8) is 0 Å². The van der Waals surface area contributed by atoms with E-state index in [1.807, 2.05) is 0 Å². The number of nitrogens with zero attached hydrogens (tertiary/aromatic N) is 1. The first-order valence-corrected chi connectivity index (χ1v) is 4.85. The van der Waals surface area contributed by atoms with Crippen molar-refractivity contribution in [2.24, 2.45) is 5.14 Å². The second-order valence-electron chi connectivity index (χ2n) is 1.68. The minimum Gasteiger partial charge on any atom is -0.231 e. The molecule has 0 aliphatic heterocycles. The average molecular weight is 188 g/mol. The number of hydrogen-bond donors (Lipinski definition) is 1. The van der Waals surface area contributed by atoms with Crippen LogP contribution in [0.5, 0.6) is 0 Å². The number of primary sulfonamides is 1. The van der Waals surface area contributed by atoms with Gasteiger partial charge in [-0.3, -0.25) is 0 Å². The Bertz CT molecular complexity index is 398. The predicted octanol–water partition coefficient (Wildman–Crippen LogP) is -0.228. The highest BCUT2D eigenvalue weighted by molar-refractivity contribution is 7.91. The predicted molar refractivity (Wildman–Crippen MR) is 41.4 cm³/mol. The zero-order valence-corrected chi connectivity index (χ0v) is 6.95. The molecule has 0 spiro atoms. The van der Waals surface area contributed by atoms with Gasteiger partial charge in [0.15, 0.2) is 0 Å². The van der Waals surface area contributed by atoms with Crippen LogP contribution in [0.1, 0.15) is 4.88 Å². The van der Waals surface area contributed by atoms with E-state index in [0.717, 1.165) is 11.3 Å². The van der Waals surface area contributed by atoms with E-state index < -0.39 is 10.0 Å². The minimum absolute atomic E-state index is 0.148. The molecule has 0 fully saturated rings. The number of sulfonamides is 1. The van der Waals surface area contributed by atoms with E-state index in [1.165, 1.54) is 6.20 Å². The smallest absolute Gasteiger partial charge is 0.231 e. The van der Waals surface area contributed by atoms with Gasteiger partial charge in [-0.1, -0.05) is 17.3 Å². The molecule has 0 bridgehead atoms. The first-order valence-electron chi connectivity index (χ1n) is 2.49. The summed E-state index contributed by atoms with van der Waals surface area (Å²) < 4.78 is 21.1. The van der Waals surface area contributed by atoms with Crippen molar-refractivity contribution in [2.75, 3.05) is 0 Å². The van der Waals surface area contributed by atoms with Gasteiger partial charge < -0.3 is 0 Å². The molecule has 0 radical (unpaired) electrons. The fraction of sp³-hybridized carbons (Fsp3) is 0. The summed E-state index contributed by atoms with van der Waals surface area (Å²) in [5.74, 6) is 2.26. The second kappa shape index (κ2) is 2.62. The van der Waals surface area contributed by atoms with Crippen LogP contribution in [0.15, 0.2) is 10.5 Å². The van der Waals surface area contributed by atoms with Gasteiger partial charge in [0.1, 0.15) is 0 Å². The van der Waals surface area contributed by atoms with Crippen LogP contribution in [0.4, 0.5) is 0 Å². The Hall–Kier alpha value is -0.900. The van der Waals surface area contributed by atoms with Gasteiger partial charge in [-0.2, -0.15) is 0 Å². The van der Waals surface area contributed by atoms with Gasteiger partial charge in [0, 0.05) is 0 Å². The van der Waals surface area contributed by atoms with Crippen LogP contribution in [0.2, 0.25) is 0 Å². The van der Waals surface area contributed by atoms with E-state index in [2.05, 4.69) is 10.9 Å². The Kier molecular flexibility index (Phi) is 1.95. The molecule has 0 aliphatic carbocycles. The van der Waals surface area contributed by atoms with Crippen LogP contribution in [0.3, 0.4) is 0 Å². The molecular formula is C5H4N2O2S2. The second-order valence-corrected chi connectivity index (χ2v) is 4.45. The Morgan fingerprint density at radius 2 is 2.36 bits per heavy atom. The highest BCUT2D eigenvalue weighted by Gasteiger charge is 2.11. The van der Waals surface area contributed by atoms with Crippen LogP contribution in [0, 0.1) is 12.3 Å². The van der Waals surface area contributed by atoms with Gasteiger partial charge in [0.25, 0.3) is 10.0 Å². The number of nitrogens with two attached hydrogens (primary N) is 1.